The van der Waals surface area contributed by atoms with E-state index in [0.29, 0.717) is 12.3 Å². The van der Waals surface area contributed by atoms with Gasteiger partial charge in [0.25, 0.3) is 0 Å². The Morgan fingerprint density at radius 3 is 2.44 bits per heavy atom. The average molecular weight is 389 g/mol. The first kappa shape index (κ1) is 19.8. The number of benzene rings is 2. The number of alkyl halides is 1. The van der Waals surface area contributed by atoms with Gasteiger partial charge in [-0.25, -0.2) is 4.39 Å². The van der Waals surface area contributed by atoms with Crippen LogP contribution in [0, 0.1) is 11.7 Å². The summed E-state index contributed by atoms with van der Waals surface area (Å²) in [6, 6.07) is 16.9. The monoisotopic (exact) mass is 388 g/mol. The number of carbonyl (C=O) groups excluding carboxylic acids is 1. The number of hydrogen-bond donors (Lipinski definition) is 1. The molecule has 2 aromatic rings. The van der Waals surface area contributed by atoms with Crippen molar-refractivity contribution in [1.29, 1.82) is 0 Å². The van der Waals surface area contributed by atoms with Crippen molar-refractivity contribution >= 4 is 17.5 Å². The van der Waals surface area contributed by atoms with Crippen molar-refractivity contribution in [2.75, 3.05) is 19.0 Å². The lowest BCUT2D eigenvalue weighted by Crippen LogP contribution is -2.50. The first-order chi connectivity index (χ1) is 13.0. The minimum absolute atomic E-state index is 0.285. The molecule has 1 amide bonds. The van der Waals surface area contributed by atoms with Crippen molar-refractivity contribution in [3.05, 3.63) is 71.5 Å². The maximum absolute atomic E-state index is 14.0. The molecular formula is C22H26ClFN2O. The van der Waals surface area contributed by atoms with Crippen LogP contribution in [0.1, 0.15) is 30.4 Å². The second-order valence-corrected chi connectivity index (χ2v) is 7.74. The molecule has 27 heavy (non-hydrogen) atoms. The van der Waals surface area contributed by atoms with Gasteiger partial charge in [-0.2, -0.15) is 0 Å². The number of primary amides is 1. The Labute approximate surface area is 165 Å². The van der Waals surface area contributed by atoms with E-state index in [1.807, 2.05) is 24.3 Å². The van der Waals surface area contributed by atoms with E-state index >= 15 is 0 Å². The highest BCUT2D eigenvalue weighted by molar-refractivity contribution is 6.18. The number of nitrogens with zero attached hydrogens (tertiary/aromatic N) is 1. The molecule has 2 aromatic carbocycles. The standard InChI is InChI=1S/C22H26ClFN2O/c23-12-9-20(21(25)27)22(18-7-4-8-19(24)15-18)10-13-26(14-11-22)16-17-5-2-1-3-6-17/h1-8,15,20H,9-14,16H2,(H2,25,27). The molecule has 0 saturated carbocycles. The third-order valence-corrected chi connectivity index (χ3v) is 6.02. The molecule has 1 unspecified atom stereocenters. The molecule has 2 N–H and O–H groups in total. The summed E-state index contributed by atoms with van der Waals surface area (Å²) in [6.45, 7) is 2.53. The second-order valence-electron chi connectivity index (χ2n) is 7.36. The molecule has 1 aliphatic heterocycles. The first-order valence-electron chi connectivity index (χ1n) is 9.43. The summed E-state index contributed by atoms with van der Waals surface area (Å²) in [5.74, 6) is -0.668. The summed E-state index contributed by atoms with van der Waals surface area (Å²) in [6.07, 6.45) is 2.02. The van der Waals surface area contributed by atoms with Gasteiger partial charge in [0.1, 0.15) is 5.82 Å². The molecular weight excluding hydrogens is 363 g/mol. The molecule has 0 aliphatic carbocycles. The number of likely N-dealkylation sites (tertiary alicyclic amines) is 1. The average Bonchev–Trinajstić information content (AvgIpc) is 2.68. The molecule has 3 rings (SSSR count). The summed E-state index contributed by atoms with van der Waals surface area (Å²) in [5.41, 5.74) is 7.43. The van der Waals surface area contributed by atoms with E-state index < -0.39 is 11.3 Å². The van der Waals surface area contributed by atoms with Gasteiger partial charge in [0.15, 0.2) is 0 Å². The fraction of sp³-hybridized carbons (Fsp3) is 0.409. The van der Waals surface area contributed by atoms with Crippen LogP contribution in [0.4, 0.5) is 4.39 Å². The molecule has 1 heterocycles. The first-order valence-corrected chi connectivity index (χ1v) is 9.96. The summed E-state index contributed by atoms with van der Waals surface area (Å²) >= 11 is 5.98. The van der Waals surface area contributed by atoms with Gasteiger partial charge in [-0.3, -0.25) is 9.69 Å². The molecule has 0 bridgehead atoms. The number of halogens is 2. The van der Waals surface area contributed by atoms with E-state index in [0.717, 1.165) is 38.0 Å². The van der Waals surface area contributed by atoms with E-state index in [2.05, 4.69) is 17.0 Å². The Balaban J connectivity index is 1.85. The number of rotatable bonds is 7. The molecule has 5 heteroatoms. The van der Waals surface area contributed by atoms with Gasteiger partial charge in [-0.15, -0.1) is 11.6 Å². The topological polar surface area (TPSA) is 46.3 Å². The van der Waals surface area contributed by atoms with Crippen LogP contribution in [0.5, 0.6) is 0 Å². The van der Waals surface area contributed by atoms with Crippen LogP contribution in [-0.4, -0.2) is 29.8 Å². The smallest absolute Gasteiger partial charge is 0.221 e. The predicted octanol–water partition coefficient (Wildman–Crippen LogP) is 4.09. The molecule has 0 spiro atoms. The predicted molar refractivity (Wildman–Crippen MR) is 107 cm³/mol. The molecule has 0 aromatic heterocycles. The molecule has 144 valence electrons. The highest BCUT2D eigenvalue weighted by Gasteiger charge is 2.45. The lowest BCUT2D eigenvalue weighted by Gasteiger charge is -2.46. The summed E-state index contributed by atoms with van der Waals surface area (Å²) in [5, 5.41) is 0. The van der Waals surface area contributed by atoms with E-state index in [1.165, 1.54) is 11.6 Å². The Bertz CT molecular complexity index is 760. The van der Waals surface area contributed by atoms with Crippen molar-refractivity contribution in [2.24, 2.45) is 11.7 Å². The van der Waals surface area contributed by atoms with E-state index in [4.69, 9.17) is 17.3 Å². The van der Waals surface area contributed by atoms with Crippen molar-refractivity contribution in [3.63, 3.8) is 0 Å². The van der Waals surface area contributed by atoms with Crippen LogP contribution < -0.4 is 5.73 Å². The van der Waals surface area contributed by atoms with Crippen LogP contribution in [0.2, 0.25) is 0 Å². The Morgan fingerprint density at radius 2 is 1.85 bits per heavy atom. The maximum atomic E-state index is 14.0. The molecule has 1 atom stereocenters. The third-order valence-electron chi connectivity index (χ3n) is 5.81. The summed E-state index contributed by atoms with van der Waals surface area (Å²) in [7, 11) is 0. The van der Waals surface area contributed by atoms with Crippen molar-refractivity contribution < 1.29 is 9.18 Å². The Kier molecular flexibility index (Phi) is 6.51. The zero-order valence-electron chi connectivity index (χ0n) is 15.4. The number of carbonyl (C=O) groups is 1. The SMILES string of the molecule is NC(=O)C(CCCl)C1(c2cccc(F)c2)CCN(Cc2ccccc2)CC1. The molecule has 3 nitrogen and oxygen atoms in total. The normalized spacial score (nSPS) is 18.1. The van der Waals surface area contributed by atoms with Crippen LogP contribution >= 0.6 is 11.6 Å². The van der Waals surface area contributed by atoms with Gasteiger partial charge < -0.3 is 5.73 Å². The molecule has 1 saturated heterocycles. The van der Waals surface area contributed by atoms with Crippen LogP contribution in [0.25, 0.3) is 0 Å². The van der Waals surface area contributed by atoms with Gasteiger partial charge in [-0.1, -0.05) is 42.5 Å². The highest BCUT2D eigenvalue weighted by atomic mass is 35.5. The zero-order chi connectivity index (χ0) is 19.3. The molecule has 1 fully saturated rings. The second kappa shape index (κ2) is 8.85. The number of nitrogens with two attached hydrogens (primary N) is 1. The van der Waals surface area contributed by atoms with Gasteiger partial charge in [0, 0.05) is 23.8 Å². The Morgan fingerprint density at radius 1 is 1.15 bits per heavy atom. The van der Waals surface area contributed by atoms with Gasteiger partial charge in [-0.05, 0) is 55.6 Å². The number of piperidine rings is 1. The zero-order valence-corrected chi connectivity index (χ0v) is 16.2. The lowest BCUT2D eigenvalue weighted by atomic mass is 9.63. The maximum Gasteiger partial charge on any atom is 0.221 e. The van der Waals surface area contributed by atoms with Crippen molar-refractivity contribution in [1.82, 2.24) is 4.90 Å². The van der Waals surface area contributed by atoms with E-state index in [1.54, 1.807) is 12.1 Å². The molecule has 0 radical (unpaired) electrons. The minimum atomic E-state index is -0.462. The van der Waals surface area contributed by atoms with E-state index in [9.17, 15) is 9.18 Å². The number of hydrogen-bond acceptors (Lipinski definition) is 2. The quantitative estimate of drug-likeness (QED) is 0.726. The summed E-state index contributed by atoms with van der Waals surface area (Å²) < 4.78 is 14.0. The number of amides is 1. The van der Waals surface area contributed by atoms with E-state index in [-0.39, 0.29) is 11.7 Å². The van der Waals surface area contributed by atoms with Gasteiger partial charge in [0.05, 0.1) is 0 Å². The van der Waals surface area contributed by atoms with Gasteiger partial charge in [0.2, 0.25) is 5.91 Å². The molecule has 1 aliphatic rings. The van der Waals surface area contributed by atoms with Crippen molar-refractivity contribution in [2.45, 2.75) is 31.2 Å². The lowest BCUT2D eigenvalue weighted by molar-refractivity contribution is -0.125. The largest absolute Gasteiger partial charge is 0.369 e. The summed E-state index contributed by atoms with van der Waals surface area (Å²) in [4.78, 5) is 14.7. The Hall–Kier alpha value is -1.91. The fourth-order valence-corrected chi connectivity index (χ4v) is 4.61. The van der Waals surface area contributed by atoms with Crippen molar-refractivity contribution in [3.8, 4) is 0 Å². The minimum Gasteiger partial charge on any atom is -0.369 e. The fourth-order valence-electron chi connectivity index (χ4n) is 4.39. The van der Waals surface area contributed by atoms with Gasteiger partial charge >= 0.3 is 0 Å². The highest BCUT2D eigenvalue weighted by Crippen LogP contribution is 2.44. The third kappa shape index (κ3) is 4.50. The van der Waals surface area contributed by atoms with Crippen LogP contribution in [0.3, 0.4) is 0 Å². The van der Waals surface area contributed by atoms with Crippen LogP contribution in [0.15, 0.2) is 54.6 Å². The van der Waals surface area contributed by atoms with Crippen LogP contribution in [-0.2, 0) is 16.8 Å².